The number of nitrogens with zero attached hydrogens (tertiary/aromatic N) is 6. The van der Waals surface area contributed by atoms with E-state index in [2.05, 4.69) is 15.1 Å². The third-order valence-electron chi connectivity index (χ3n) is 5.99. The van der Waals surface area contributed by atoms with Crippen LogP contribution in [-0.2, 0) is 4.79 Å². The van der Waals surface area contributed by atoms with Crippen LogP contribution in [-0.4, -0.2) is 56.6 Å². The highest BCUT2D eigenvalue weighted by atomic mass is 35.5. The van der Waals surface area contributed by atoms with Gasteiger partial charge in [-0.3, -0.25) is 4.79 Å². The van der Waals surface area contributed by atoms with Gasteiger partial charge in [-0.15, -0.1) is 10.2 Å². The Morgan fingerprint density at radius 1 is 1.11 bits per heavy atom. The normalized spacial score (nSPS) is 18.5. The van der Waals surface area contributed by atoms with E-state index in [0.717, 1.165) is 73.8 Å². The summed E-state index contributed by atoms with van der Waals surface area (Å²) < 4.78 is 2.01. The van der Waals surface area contributed by atoms with Crippen LogP contribution in [0.5, 0.6) is 0 Å². The van der Waals surface area contributed by atoms with Gasteiger partial charge in [-0.25, -0.2) is 9.38 Å². The van der Waals surface area contributed by atoms with Crippen LogP contribution in [0.4, 0.5) is 5.95 Å². The number of fused-ring (bicyclic) bond motifs is 3. The molecule has 3 aromatic rings. The first-order chi connectivity index (χ1) is 13.6. The maximum absolute atomic E-state index is 12.7. The van der Waals surface area contributed by atoms with Crippen molar-refractivity contribution in [3.8, 4) is 0 Å². The smallest absolute Gasteiger partial charge is 0.225 e. The van der Waals surface area contributed by atoms with E-state index < -0.39 is 0 Å². The first-order valence-corrected chi connectivity index (χ1v) is 10.3. The van der Waals surface area contributed by atoms with Gasteiger partial charge in [-0.2, -0.15) is 0 Å². The molecule has 1 aliphatic carbocycles. The van der Waals surface area contributed by atoms with Crippen molar-refractivity contribution >= 4 is 40.0 Å². The van der Waals surface area contributed by atoms with Gasteiger partial charge in [0.2, 0.25) is 11.9 Å². The first-order valence-electron chi connectivity index (χ1n) is 9.96. The van der Waals surface area contributed by atoms with E-state index in [9.17, 15) is 4.79 Å². The predicted octanol–water partition coefficient (Wildman–Crippen LogP) is 3.08. The standard InChI is InChI=1S/C20H23ClN6O/c1-13-23-24-18-16-7-6-15(21)12-17(16)22-20(27(13)18)26-9-3-8-25(10-11-26)19(28)14-4-2-5-14/h6-7,12,14H,2-5,8-11H2,1H3. The van der Waals surface area contributed by atoms with Crippen molar-refractivity contribution in [1.82, 2.24) is 24.5 Å². The molecule has 3 heterocycles. The van der Waals surface area contributed by atoms with Crippen molar-refractivity contribution in [1.29, 1.82) is 0 Å². The molecule has 1 amide bonds. The Morgan fingerprint density at radius 3 is 2.75 bits per heavy atom. The Labute approximate surface area is 168 Å². The van der Waals surface area contributed by atoms with Crippen LogP contribution in [0.3, 0.4) is 0 Å². The fourth-order valence-corrected chi connectivity index (χ4v) is 4.35. The quantitative estimate of drug-likeness (QED) is 0.663. The Morgan fingerprint density at radius 2 is 1.96 bits per heavy atom. The highest BCUT2D eigenvalue weighted by Gasteiger charge is 2.31. The molecule has 1 saturated heterocycles. The monoisotopic (exact) mass is 398 g/mol. The maximum Gasteiger partial charge on any atom is 0.225 e. The molecule has 1 saturated carbocycles. The molecule has 0 atom stereocenters. The van der Waals surface area contributed by atoms with Crippen molar-refractivity contribution in [2.45, 2.75) is 32.6 Å². The Bertz CT molecular complexity index is 1060. The van der Waals surface area contributed by atoms with Gasteiger partial charge in [-0.1, -0.05) is 18.0 Å². The Kier molecular flexibility index (Phi) is 4.34. The molecular weight excluding hydrogens is 376 g/mol. The van der Waals surface area contributed by atoms with E-state index >= 15 is 0 Å². The third kappa shape index (κ3) is 2.89. The molecule has 2 aromatic heterocycles. The van der Waals surface area contributed by atoms with Crippen LogP contribution in [0, 0.1) is 12.8 Å². The highest BCUT2D eigenvalue weighted by molar-refractivity contribution is 6.31. The summed E-state index contributed by atoms with van der Waals surface area (Å²) in [5.41, 5.74) is 1.61. The summed E-state index contributed by atoms with van der Waals surface area (Å²) in [6.45, 7) is 5.09. The SMILES string of the molecule is Cc1nnc2c3ccc(Cl)cc3nc(N3CCCN(C(=O)C4CCC4)CC3)n12. The molecule has 2 aliphatic rings. The summed E-state index contributed by atoms with van der Waals surface area (Å²) in [5, 5.41) is 10.2. The van der Waals surface area contributed by atoms with Gasteiger partial charge in [0.1, 0.15) is 5.82 Å². The molecular formula is C20H23ClN6O. The minimum atomic E-state index is 0.249. The van der Waals surface area contributed by atoms with Crippen molar-refractivity contribution in [2.75, 3.05) is 31.1 Å². The molecule has 7 nitrogen and oxygen atoms in total. The summed E-state index contributed by atoms with van der Waals surface area (Å²) in [7, 11) is 0. The summed E-state index contributed by atoms with van der Waals surface area (Å²) in [5.74, 6) is 2.21. The van der Waals surface area contributed by atoms with E-state index in [0.29, 0.717) is 10.9 Å². The maximum atomic E-state index is 12.7. The van der Waals surface area contributed by atoms with Crippen molar-refractivity contribution in [3.05, 3.63) is 29.0 Å². The summed E-state index contributed by atoms with van der Waals surface area (Å²) in [4.78, 5) is 21.9. The average Bonchev–Trinajstić information content (AvgIpc) is 2.87. The second-order valence-electron chi connectivity index (χ2n) is 7.77. The lowest BCUT2D eigenvalue weighted by molar-refractivity contribution is -0.137. The van der Waals surface area contributed by atoms with Gasteiger partial charge in [0.25, 0.3) is 0 Å². The molecule has 0 spiro atoms. The predicted molar refractivity (Wildman–Crippen MR) is 109 cm³/mol. The fourth-order valence-electron chi connectivity index (χ4n) is 4.18. The number of hydrogen-bond acceptors (Lipinski definition) is 5. The fraction of sp³-hybridized carbons (Fsp3) is 0.500. The van der Waals surface area contributed by atoms with E-state index in [1.807, 2.05) is 34.4 Å². The minimum Gasteiger partial charge on any atom is -0.341 e. The second kappa shape index (κ2) is 6.88. The molecule has 2 fully saturated rings. The average molecular weight is 399 g/mol. The molecule has 8 heteroatoms. The minimum absolute atomic E-state index is 0.249. The van der Waals surface area contributed by atoms with Gasteiger partial charge >= 0.3 is 0 Å². The van der Waals surface area contributed by atoms with Gasteiger partial charge in [0.15, 0.2) is 5.65 Å². The Balaban J connectivity index is 1.51. The number of rotatable bonds is 2. The molecule has 146 valence electrons. The van der Waals surface area contributed by atoms with Gasteiger partial charge in [0.05, 0.1) is 5.52 Å². The lowest BCUT2D eigenvalue weighted by Gasteiger charge is -2.31. The number of hydrogen-bond donors (Lipinski definition) is 0. The van der Waals surface area contributed by atoms with Crippen LogP contribution >= 0.6 is 11.6 Å². The molecule has 0 unspecified atom stereocenters. The second-order valence-corrected chi connectivity index (χ2v) is 8.21. The highest BCUT2D eigenvalue weighted by Crippen LogP contribution is 2.30. The van der Waals surface area contributed by atoms with Crippen molar-refractivity contribution in [2.24, 2.45) is 5.92 Å². The largest absolute Gasteiger partial charge is 0.341 e. The van der Waals surface area contributed by atoms with Crippen LogP contribution < -0.4 is 4.90 Å². The van der Waals surface area contributed by atoms with E-state index in [1.54, 1.807) is 0 Å². The van der Waals surface area contributed by atoms with E-state index in [1.165, 1.54) is 6.42 Å². The number of aromatic nitrogens is 4. The van der Waals surface area contributed by atoms with Crippen LogP contribution in [0.2, 0.25) is 5.02 Å². The van der Waals surface area contributed by atoms with E-state index in [4.69, 9.17) is 16.6 Å². The lowest BCUT2D eigenvalue weighted by atomic mass is 9.84. The first kappa shape index (κ1) is 17.7. The third-order valence-corrected chi connectivity index (χ3v) is 6.23. The molecule has 28 heavy (non-hydrogen) atoms. The molecule has 0 radical (unpaired) electrons. The number of anilines is 1. The number of halogens is 1. The number of amides is 1. The zero-order chi connectivity index (χ0) is 19.3. The summed E-state index contributed by atoms with van der Waals surface area (Å²) in [6, 6.07) is 5.67. The summed E-state index contributed by atoms with van der Waals surface area (Å²) >= 11 is 6.20. The number of aryl methyl sites for hydroxylation is 1. The van der Waals surface area contributed by atoms with Gasteiger partial charge < -0.3 is 9.80 Å². The molecule has 0 bridgehead atoms. The van der Waals surface area contributed by atoms with Crippen molar-refractivity contribution < 1.29 is 4.79 Å². The number of benzene rings is 1. The molecule has 0 N–H and O–H groups in total. The topological polar surface area (TPSA) is 66.6 Å². The summed E-state index contributed by atoms with van der Waals surface area (Å²) in [6.07, 6.45) is 4.21. The lowest BCUT2D eigenvalue weighted by Crippen LogP contribution is -2.41. The van der Waals surface area contributed by atoms with Crippen LogP contribution in [0.25, 0.3) is 16.6 Å². The zero-order valence-electron chi connectivity index (χ0n) is 15.9. The van der Waals surface area contributed by atoms with Crippen LogP contribution in [0.15, 0.2) is 18.2 Å². The van der Waals surface area contributed by atoms with E-state index in [-0.39, 0.29) is 5.92 Å². The Hall–Kier alpha value is -2.41. The van der Waals surface area contributed by atoms with Gasteiger partial charge in [-0.05, 0) is 44.4 Å². The number of carbonyl (C=O) groups excluding carboxylic acids is 1. The van der Waals surface area contributed by atoms with Gasteiger partial charge in [0, 0.05) is 42.5 Å². The van der Waals surface area contributed by atoms with Crippen molar-refractivity contribution in [3.63, 3.8) is 0 Å². The molecule has 1 aliphatic heterocycles. The van der Waals surface area contributed by atoms with Crippen LogP contribution in [0.1, 0.15) is 31.5 Å². The molecule has 5 rings (SSSR count). The zero-order valence-corrected chi connectivity index (χ0v) is 16.7. The molecule has 1 aromatic carbocycles. The number of carbonyl (C=O) groups is 1.